The molecule has 37 heavy (non-hydrogen) atoms. The van der Waals surface area contributed by atoms with E-state index in [-0.39, 0.29) is 0 Å². The first kappa shape index (κ1) is 25.7. The average molecular weight is 534 g/mol. The summed E-state index contributed by atoms with van der Waals surface area (Å²) >= 11 is 1.68. The van der Waals surface area contributed by atoms with E-state index in [2.05, 4.69) is 58.4 Å². The van der Waals surface area contributed by atoms with Crippen molar-refractivity contribution in [3.05, 3.63) is 47.4 Å². The Morgan fingerprint density at radius 3 is 2.70 bits per heavy atom. The van der Waals surface area contributed by atoms with Gasteiger partial charge in [-0.25, -0.2) is 4.98 Å². The molecule has 4 aromatic rings. The summed E-state index contributed by atoms with van der Waals surface area (Å²) in [6.45, 7) is 10.3. The lowest BCUT2D eigenvalue weighted by molar-refractivity contribution is 0.165. The predicted octanol–water partition coefficient (Wildman–Crippen LogP) is 6.98. The highest BCUT2D eigenvalue weighted by molar-refractivity contribution is 7.14. The van der Waals surface area contributed by atoms with Crippen LogP contribution in [0.2, 0.25) is 25.7 Å². The lowest BCUT2D eigenvalue weighted by Gasteiger charge is -2.16. The van der Waals surface area contributed by atoms with Gasteiger partial charge < -0.3 is 15.4 Å². The van der Waals surface area contributed by atoms with Crippen LogP contribution in [0.25, 0.3) is 21.6 Å². The van der Waals surface area contributed by atoms with Gasteiger partial charge in [0.1, 0.15) is 17.6 Å². The van der Waals surface area contributed by atoms with Crippen molar-refractivity contribution in [2.24, 2.45) is 0 Å². The van der Waals surface area contributed by atoms with Crippen LogP contribution in [0.1, 0.15) is 42.2 Å². The van der Waals surface area contributed by atoms with Gasteiger partial charge in [0, 0.05) is 26.8 Å². The average Bonchev–Trinajstić information content (AvgIpc) is 3.56. The number of nitrogens with zero attached hydrogens (tertiary/aromatic N) is 5. The van der Waals surface area contributed by atoms with Crippen LogP contribution in [-0.4, -0.2) is 46.6 Å². The molecule has 10 heteroatoms. The third-order valence-electron chi connectivity index (χ3n) is 6.70. The molecule has 2 N–H and O–H groups in total. The van der Waals surface area contributed by atoms with Gasteiger partial charge in [-0.2, -0.15) is 0 Å². The van der Waals surface area contributed by atoms with Gasteiger partial charge in [-0.15, -0.1) is 10.2 Å². The minimum absolute atomic E-state index is 0.393. The van der Waals surface area contributed by atoms with Gasteiger partial charge >= 0.3 is 0 Å². The Morgan fingerprint density at radius 1 is 1.08 bits per heavy atom. The van der Waals surface area contributed by atoms with Crippen LogP contribution in [0.3, 0.4) is 0 Å². The molecule has 1 aliphatic rings. The quantitative estimate of drug-likeness (QED) is 0.128. The normalized spacial score (nSPS) is 14.4. The zero-order valence-corrected chi connectivity index (χ0v) is 23.9. The van der Waals surface area contributed by atoms with E-state index >= 15 is 0 Å². The van der Waals surface area contributed by atoms with Crippen LogP contribution in [0.4, 0.5) is 17.2 Å². The van der Waals surface area contributed by atoms with E-state index in [0.717, 1.165) is 62.0 Å². The SMILES string of the molecule is Cc1ccncc1Nc1cnc2cc(-c3nnc(C4CCCC4)s3)c(NCOCC[Si](C)(C)C)nc2c1. The Morgan fingerprint density at radius 2 is 1.92 bits per heavy atom. The number of hydrogen-bond donors (Lipinski definition) is 2. The summed E-state index contributed by atoms with van der Waals surface area (Å²) in [4.78, 5) is 13.9. The predicted molar refractivity (Wildman–Crippen MR) is 155 cm³/mol. The van der Waals surface area contributed by atoms with Crippen molar-refractivity contribution in [1.29, 1.82) is 0 Å². The van der Waals surface area contributed by atoms with Crippen molar-refractivity contribution >= 4 is 47.6 Å². The summed E-state index contributed by atoms with van der Waals surface area (Å²) in [6, 6.07) is 7.18. The molecule has 0 aliphatic heterocycles. The zero-order chi connectivity index (χ0) is 25.8. The molecule has 0 unspecified atom stereocenters. The minimum atomic E-state index is -1.14. The van der Waals surface area contributed by atoms with Gasteiger partial charge in [0.25, 0.3) is 0 Å². The van der Waals surface area contributed by atoms with Crippen molar-refractivity contribution < 1.29 is 4.74 Å². The summed E-state index contributed by atoms with van der Waals surface area (Å²) in [7, 11) is -1.14. The van der Waals surface area contributed by atoms with Crippen molar-refractivity contribution in [2.45, 2.75) is 64.2 Å². The molecule has 5 rings (SSSR count). The Bertz CT molecular complexity index is 1360. The van der Waals surface area contributed by atoms with Crippen LogP contribution in [0.15, 0.2) is 36.8 Å². The second-order valence-corrected chi connectivity index (χ2v) is 17.6. The molecule has 1 aliphatic carbocycles. The monoisotopic (exact) mass is 533 g/mol. The summed E-state index contributed by atoms with van der Waals surface area (Å²) in [5.74, 6) is 1.27. The third kappa shape index (κ3) is 6.49. The van der Waals surface area contributed by atoms with E-state index in [1.54, 1.807) is 17.5 Å². The molecular weight excluding hydrogens is 498 g/mol. The van der Waals surface area contributed by atoms with Crippen LogP contribution in [0.5, 0.6) is 0 Å². The highest BCUT2D eigenvalue weighted by atomic mass is 32.1. The van der Waals surface area contributed by atoms with Crippen molar-refractivity contribution in [3.63, 3.8) is 0 Å². The number of ether oxygens (including phenoxy) is 1. The minimum Gasteiger partial charge on any atom is -0.362 e. The molecule has 0 atom stereocenters. The van der Waals surface area contributed by atoms with Crippen molar-refractivity contribution in [1.82, 2.24) is 25.1 Å². The maximum Gasteiger partial charge on any atom is 0.151 e. The van der Waals surface area contributed by atoms with Crippen LogP contribution in [0, 0.1) is 6.92 Å². The molecule has 0 amide bonds. The van der Waals surface area contributed by atoms with Crippen LogP contribution >= 0.6 is 11.3 Å². The Hall–Kier alpha value is -2.95. The van der Waals surface area contributed by atoms with E-state index in [1.165, 1.54) is 25.7 Å². The largest absolute Gasteiger partial charge is 0.362 e. The zero-order valence-electron chi connectivity index (χ0n) is 22.0. The lowest BCUT2D eigenvalue weighted by atomic mass is 10.1. The van der Waals surface area contributed by atoms with Crippen molar-refractivity contribution in [2.75, 3.05) is 24.0 Å². The van der Waals surface area contributed by atoms with E-state index in [0.29, 0.717) is 12.6 Å². The highest BCUT2D eigenvalue weighted by Gasteiger charge is 2.23. The number of rotatable bonds is 10. The summed E-state index contributed by atoms with van der Waals surface area (Å²) in [5.41, 5.74) is 5.44. The van der Waals surface area contributed by atoms with E-state index in [9.17, 15) is 0 Å². The molecule has 4 aromatic heterocycles. The molecule has 0 bridgehead atoms. The Kier molecular flexibility index (Phi) is 7.78. The van der Waals surface area contributed by atoms with E-state index in [1.807, 2.05) is 24.5 Å². The molecule has 0 radical (unpaired) electrons. The van der Waals surface area contributed by atoms with Crippen LogP contribution in [-0.2, 0) is 4.74 Å². The third-order valence-corrected chi connectivity index (χ3v) is 9.52. The Labute approximate surface area is 223 Å². The standard InChI is InChI=1S/C27H35N7OSSi/c1-18-9-10-28-16-24(18)31-20-13-23-22(29-15-20)14-21(25(32-23)30-17-35-11-12-37(2,3)4)27-34-33-26(36-27)19-7-5-6-8-19/h9-10,13-16,19,31H,5-8,11-12,17H2,1-4H3,(H,30,32). The number of hydrogen-bond acceptors (Lipinski definition) is 9. The molecule has 0 spiro atoms. The van der Waals surface area contributed by atoms with Gasteiger partial charge in [-0.05, 0) is 49.6 Å². The fraction of sp³-hybridized carbons (Fsp3) is 0.444. The number of aryl methyl sites for hydroxylation is 1. The maximum atomic E-state index is 5.94. The lowest BCUT2D eigenvalue weighted by Crippen LogP contribution is -2.22. The van der Waals surface area contributed by atoms with E-state index in [4.69, 9.17) is 14.7 Å². The number of fused-ring (bicyclic) bond motifs is 1. The topological polar surface area (TPSA) is 97.7 Å². The molecular formula is C27H35N7OSSi. The molecule has 0 saturated heterocycles. The second-order valence-electron chi connectivity index (χ2n) is 10.9. The summed E-state index contributed by atoms with van der Waals surface area (Å²) in [6.07, 6.45) is 10.4. The first-order valence-corrected chi connectivity index (χ1v) is 17.5. The van der Waals surface area contributed by atoms with Gasteiger partial charge in [-0.3, -0.25) is 9.97 Å². The van der Waals surface area contributed by atoms with Crippen LogP contribution < -0.4 is 10.6 Å². The number of anilines is 3. The number of pyridine rings is 3. The fourth-order valence-corrected chi connectivity index (χ4v) is 6.20. The molecule has 0 aromatic carbocycles. The van der Waals surface area contributed by atoms with Gasteiger partial charge in [0.05, 0.1) is 40.4 Å². The summed E-state index contributed by atoms with van der Waals surface area (Å²) < 4.78 is 5.94. The van der Waals surface area contributed by atoms with Gasteiger partial charge in [0.15, 0.2) is 5.01 Å². The van der Waals surface area contributed by atoms with E-state index < -0.39 is 8.07 Å². The van der Waals surface area contributed by atoms with Gasteiger partial charge in [-0.1, -0.05) is 43.8 Å². The van der Waals surface area contributed by atoms with Gasteiger partial charge in [0.2, 0.25) is 0 Å². The molecule has 1 fully saturated rings. The molecule has 1 saturated carbocycles. The number of aromatic nitrogens is 5. The first-order valence-electron chi connectivity index (χ1n) is 13.0. The molecule has 8 nitrogen and oxygen atoms in total. The van der Waals surface area contributed by atoms with Crippen molar-refractivity contribution in [3.8, 4) is 10.6 Å². The highest BCUT2D eigenvalue weighted by Crippen LogP contribution is 2.39. The second kappa shape index (κ2) is 11.2. The molecule has 4 heterocycles. The number of nitrogens with one attached hydrogen (secondary N) is 2. The maximum absolute atomic E-state index is 5.94. The molecule has 194 valence electrons. The Balaban J connectivity index is 1.43. The smallest absolute Gasteiger partial charge is 0.151 e. The first-order chi connectivity index (χ1) is 17.9. The fourth-order valence-electron chi connectivity index (χ4n) is 4.42. The summed E-state index contributed by atoms with van der Waals surface area (Å²) in [5, 5.41) is 17.9.